The maximum Gasteiger partial charge on any atom is 0.221 e. The van der Waals surface area contributed by atoms with Gasteiger partial charge in [-0.05, 0) is 45.3 Å². The fraction of sp³-hybridized carbons (Fsp3) is 0.929. The van der Waals surface area contributed by atoms with E-state index in [0.717, 1.165) is 19.4 Å². The van der Waals surface area contributed by atoms with E-state index < -0.39 is 0 Å². The SMILES string of the molecule is CC1(C(CCCN2CCCCC2)C(N)=O)COC1. The van der Waals surface area contributed by atoms with Crippen LogP contribution >= 0.6 is 0 Å². The summed E-state index contributed by atoms with van der Waals surface area (Å²) in [7, 11) is 0. The van der Waals surface area contributed by atoms with Crippen LogP contribution in [0.5, 0.6) is 0 Å². The minimum Gasteiger partial charge on any atom is -0.380 e. The predicted octanol–water partition coefficient (Wildman–Crippen LogP) is 1.39. The lowest BCUT2D eigenvalue weighted by molar-refractivity contribution is -0.155. The molecule has 104 valence electrons. The molecule has 4 nitrogen and oxygen atoms in total. The van der Waals surface area contributed by atoms with Crippen molar-refractivity contribution in [1.29, 1.82) is 0 Å². The van der Waals surface area contributed by atoms with Crippen LogP contribution < -0.4 is 5.73 Å². The maximum absolute atomic E-state index is 11.6. The monoisotopic (exact) mass is 254 g/mol. The molecule has 1 amide bonds. The Labute approximate surface area is 110 Å². The second-order valence-corrected chi connectivity index (χ2v) is 6.15. The molecule has 2 saturated heterocycles. The number of piperidine rings is 1. The molecule has 2 rings (SSSR count). The molecule has 2 aliphatic heterocycles. The van der Waals surface area contributed by atoms with Crippen LogP contribution in [0.15, 0.2) is 0 Å². The summed E-state index contributed by atoms with van der Waals surface area (Å²) in [6, 6.07) is 0. The molecule has 0 radical (unpaired) electrons. The number of likely N-dealkylation sites (tertiary alicyclic amines) is 1. The van der Waals surface area contributed by atoms with E-state index in [4.69, 9.17) is 10.5 Å². The Bertz CT molecular complexity index is 284. The van der Waals surface area contributed by atoms with Gasteiger partial charge in [-0.3, -0.25) is 4.79 Å². The van der Waals surface area contributed by atoms with Gasteiger partial charge in [-0.1, -0.05) is 13.3 Å². The van der Waals surface area contributed by atoms with Gasteiger partial charge in [0.2, 0.25) is 5.91 Å². The zero-order valence-corrected chi connectivity index (χ0v) is 11.5. The summed E-state index contributed by atoms with van der Waals surface area (Å²) in [6.07, 6.45) is 6.00. The lowest BCUT2D eigenvalue weighted by Crippen LogP contribution is -2.50. The van der Waals surface area contributed by atoms with E-state index in [-0.39, 0.29) is 17.2 Å². The number of nitrogens with two attached hydrogens (primary N) is 1. The predicted molar refractivity (Wildman–Crippen MR) is 71.1 cm³/mol. The first-order valence-electron chi connectivity index (χ1n) is 7.21. The number of amides is 1. The molecule has 2 N–H and O–H groups in total. The van der Waals surface area contributed by atoms with Crippen molar-refractivity contribution in [1.82, 2.24) is 4.90 Å². The fourth-order valence-corrected chi connectivity index (χ4v) is 3.16. The standard InChI is InChI=1S/C14H26N2O2/c1-14(10-18-11-14)12(13(15)17)6-5-9-16-7-3-2-4-8-16/h12H,2-11H2,1H3,(H2,15,17). The number of hydrogen-bond donors (Lipinski definition) is 1. The molecule has 2 fully saturated rings. The molecule has 0 spiro atoms. The van der Waals surface area contributed by atoms with Crippen LogP contribution in [0.4, 0.5) is 0 Å². The van der Waals surface area contributed by atoms with Gasteiger partial charge in [-0.15, -0.1) is 0 Å². The van der Waals surface area contributed by atoms with Crippen LogP contribution in [0, 0.1) is 11.3 Å². The third-order valence-electron chi connectivity index (χ3n) is 4.46. The molecule has 2 heterocycles. The molecule has 0 aromatic rings. The Morgan fingerprint density at radius 1 is 1.33 bits per heavy atom. The smallest absolute Gasteiger partial charge is 0.221 e. The van der Waals surface area contributed by atoms with Crippen molar-refractivity contribution in [3.63, 3.8) is 0 Å². The highest BCUT2D eigenvalue weighted by molar-refractivity contribution is 5.77. The summed E-state index contributed by atoms with van der Waals surface area (Å²) in [6.45, 7) is 7.05. The molecule has 0 saturated carbocycles. The Morgan fingerprint density at radius 2 is 2.00 bits per heavy atom. The highest BCUT2D eigenvalue weighted by Crippen LogP contribution is 2.37. The van der Waals surface area contributed by atoms with Crippen LogP contribution in [0.3, 0.4) is 0 Å². The molecule has 1 unspecified atom stereocenters. The van der Waals surface area contributed by atoms with Gasteiger partial charge in [0.05, 0.1) is 13.2 Å². The zero-order valence-electron chi connectivity index (χ0n) is 11.5. The Morgan fingerprint density at radius 3 is 2.50 bits per heavy atom. The lowest BCUT2D eigenvalue weighted by atomic mass is 9.73. The number of carbonyl (C=O) groups excluding carboxylic acids is 1. The lowest BCUT2D eigenvalue weighted by Gasteiger charge is -2.43. The molecular weight excluding hydrogens is 228 g/mol. The summed E-state index contributed by atoms with van der Waals surface area (Å²) < 4.78 is 5.25. The summed E-state index contributed by atoms with van der Waals surface area (Å²) in [5.41, 5.74) is 5.54. The van der Waals surface area contributed by atoms with E-state index >= 15 is 0 Å². The van der Waals surface area contributed by atoms with Crippen LogP contribution in [-0.4, -0.2) is 43.7 Å². The minimum absolute atomic E-state index is 0.00622. The van der Waals surface area contributed by atoms with Crippen LogP contribution in [0.1, 0.15) is 39.0 Å². The molecule has 0 aliphatic carbocycles. The van der Waals surface area contributed by atoms with E-state index in [0.29, 0.717) is 13.2 Å². The average molecular weight is 254 g/mol. The maximum atomic E-state index is 11.6. The first kappa shape index (κ1) is 13.8. The summed E-state index contributed by atoms with van der Waals surface area (Å²) in [5.74, 6) is -0.171. The number of primary amides is 1. The minimum atomic E-state index is -0.153. The van der Waals surface area contributed by atoms with Crippen LogP contribution in [-0.2, 0) is 9.53 Å². The highest BCUT2D eigenvalue weighted by atomic mass is 16.5. The van der Waals surface area contributed by atoms with Crippen molar-refractivity contribution < 1.29 is 9.53 Å². The van der Waals surface area contributed by atoms with Crippen molar-refractivity contribution in [3.8, 4) is 0 Å². The fourth-order valence-electron chi connectivity index (χ4n) is 3.16. The number of rotatable bonds is 6. The molecule has 2 aliphatic rings. The van der Waals surface area contributed by atoms with E-state index in [2.05, 4.69) is 11.8 Å². The third-order valence-corrected chi connectivity index (χ3v) is 4.46. The topological polar surface area (TPSA) is 55.6 Å². The molecule has 1 atom stereocenters. The summed E-state index contributed by atoms with van der Waals surface area (Å²) in [4.78, 5) is 14.1. The second kappa shape index (κ2) is 6.02. The van der Waals surface area contributed by atoms with Crippen LogP contribution in [0.25, 0.3) is 0 Å². The number of hydrogen-bond acceptors (Lipinski definition) is 3. The van der Waals surface area contributed by atoms with Crippen molar-refractivity contribution in [3.05, 3.63) is 0 Å². The van der Waals surface area contributed by atoms with Crippen molar-refractivity contribution in [2.45, 2.75) is 39.0 Å². The summed E-state index contributed by atoms with van der Waals surface area (Å²) in [5, 5.41) is 0. The zero-order chi connectivity index (χ0) is 13.0. The summed E-state index contributed by atoms with van der Waals surface area (Å²) >= 11 is 0. The van der Waals surface area contributed by atoms with E-state index in [9.17, 15) is 4.79 Å². The van der Waals surface area contributed by atoms with E-state index in [1.54, 1.807) is 0 Å². The van der Waals surface area contributed by atoms with Gasteiger partial charge < -0.3 is 15.4 Å². The molecule has 4 heteroatoms. The van der Waals surface area contributed by atoms with Gasteiger partial charge in [-0.2, -0.15) is 0 Å². The van der Waals surface area contributed by atoms with Crippen LogP contribution in [0.2, 0.25) is 0 Å². The Kier molecular flexibility index (Phi) is 4.62. The average Bonchev–Trinajstić information content (AvgIpc) is 2.33. The van der Waals surface area contributed by atoms with Crippen molar-refractivity contribution >= 4 is 5.91 Å². The van der Waals surface area contributed by atoms with Gasteiger partial charge in [0.25, 0.3) is 0 Å². The van der Waals surface area contributed by atoms with Gasteiger partial charge in [0, 0.05) is 11.3 Å². The van der Waals surface area contributed by atoms with Crippen molar-refractivity contribution in [2.75, 3.05) is 32.8 Å². The van der Waals surface area contributed by atoms with E-state index in [1.807, 2.05) is 0 Å². The largest absolute Gasteiger partial charge is 0.380 e. The van der Waals surface area contributed by atoms with Crippen molar-refractivity contribution in [2.24, 2.45) is 17.1 Å². The second-order valence-electron chi connectivity index (χ2n) is 6.15. The quantitative estimate of drug-likeness (QED) is 0.779. The van der Waals surface area contributed by atoms with E-state index in [1.165, 1.54) is 32.4 Å². The van der Waals surface area contributed by atoms with Gasteiger partial charge >= 0.3 is 0 Å². The first-order valence-corrected chi connectivity index (χ1v) is 7.21. The third kappa shape index (κ3) is 3.23. The molecule has 18 heavy (non-hydrogen) atoms. The first-order chi connectivity index (χ1) is 8.62. The normalized spacial score (nSPS) is 25.4. The van der Waals surface area contributed by atoms with Gasteiger partial charge in [0.1, 0.15) is 0 Å². The molecular formula is C14H26N2O2. The number of nitrogens with zero attached hydrogens (tertiary/aromatic N) is 1. The Hall–Kier alpha value is -0.610. The molecule has 0 aromatic heterocycles. The molecule has 0 bridgehead atoms. The highest BCUT2D eigenvalue weighted by Gasteiger charge is 2.43. The van der Waals surface area contributed by atoms with Gasteiger partial charge in [0.15, 0.2) is 0 Å². The number of carbonyl (C=O) groups is 1. The van der Waals surface area contributed by atoms with Gasteiger partial charge in [-0.25, -0.2) is 0 Å². The Balaban J connectivity index is 1.74. The molecule has 0 aromatic carbocycles. The number of ether oxygens (including phenoxy) is 1.